The van der Waals surface area contributed by atoms with Crippen LogP contribution in [0.15, 0.2) is 85.3 Å². The lowest BCUT2D eigenvalue weighted by atomic mass is 9.82. The summed E-state index contributed by atoms with van der Waals surface area (Å²) in [5.41, 5.74) is 12.5. The summed E-state index contributed by atoms with van der Waals surface area (Å²) < 4.78 is 13.2. The lowest BCUT2D eigenvalue weighted by Gasteiger charge is -2.42. The standard InChI is InChI=1S/C33H34ClN7O2/c1-4-36-32-29-30(38-33(35)39-32)25(22-8-6-5-7-9-22)18-40(17-21-10-13-24(42-2)14-11-21)31(29)23-12-15-26(27(16-23)43-3)41-19-28(34)37-20-41/h5-16,19-20,25,31H,4,17-18H2,1-3H3,(H3,35,36,38,39). The summed E-state index contributed by atoms with van der Waals surface area (Å²) in [6.07, 6.45) is 3.44. The van der Waals surface area contributed by atoms with Gasteiger partial charge in [-0.3, -0.25) is 4.90 Å². The van der Waals surface area contributed by atoms with E-state index >= 15 is 0 Å². The Morgan fingerprint density at radius 3 is 2.44 bits per heavy atom. The minimum atomic E-state index is -0.193. The number of aromatic nitrogens is 4. The van der Waals surface area contributed by atoms with Gasteiger partial charge >= 0.3 is 0 Å². The summed E-state index contributed by atoms with van der Waals surface area (Å²) >= 11 is 6.14. The van der Waals surface area contributed by atoms with Crippen molar-refractivity contribution in [3.8, 4) is 17.2 Å². The highest BCUT2D eigenvalue weighted by Crippen LogP contribution is 2.46. The molecule has 0 spiro atoms. The van der Waals surface area contributed by atoms with Crippen molar-refractivity contribution in [1.29, 1.82) is 0 Å². The molecule has 1 aliphatic rings. The third-order valence-corrected chi connectivity index (χ3v) is 8.01. The van der Waals surface area contributed by atoms with Gasteiger partial charge in [0.25, 0.3) is 0 Å². The van der Waals surface area contributed by atoms with E-state index in [0.717, 1.165) is 40.6 Å². The van der Waals surface area contributed by atoms with Crippen molar-refractivity contribution in [2.24, 2.45) is 0 Å². The Morgan fingerprint density at radius 2 is 1.77 bits per heavy atom. The third-order valence-electron chi connectivity index (χ3n) is 7.82. The first kappa shape index (κ1) is 28.5. The summed E-state index contributed by atoms with van der Waals surface area (Å²) in [7, 11) is 3.35. The van der Waals surface area contributed by atoms with Gasteiger partial charge in [-0.05, 0) is 47.9 Å². The normalized spacial score (nSPS) is 16.5. The zero-order valence-electron chi connectivity index (χ0n) is 24.4. The van der Waals surface area contributed by atoms with Crippen LogP contribution in [0, 0.1) is 0 Å². The van der Waals surface area contributed by atoms with Gasteiger partial charge in [0.05, 0.1) is 31.6 Å². The second kappa shape index (κ2) is 12.3. The monoisotopic (exact) mass is 595 g/mol. The van der Waals surface area contributed by atoms with Gasteiger partial charge in [-0.1, -0.05) is 60.1 Å². The highest BCUT2D eigenvalue weighted by molar-refractivity contribution is 6.29. The van der Waals surface area contributed by atoms with Crippen LogP contribution >= 0.6 is 11.6 Å². The molecule has 0 fully saturated rings. The summed E-state index contributed by atoms with van der Waals surface area (Å²) in [6, 6.07) is 24.7. The molecule has 0 radical (unpaired) electrons. The molecule has 2 unspecified atom stereocenters. The van der Waals surface area contributed by atoms with E-state index in [0.29, 0.717) is 24.0 Å². The lowest BCUT2D eigenvalue weighted by molar-refractivity contribution is 0.190. The smallest absolute Gasteiger partial charge is 0.222 e. The summed E-state index contributed by atoms with van der Waals surface area (Å²) in [6.45, 7) is 4.15. The number of rotatable bonds is 9. The summed E-state index contributed by atoms with van der Waals surface area (Å²) in [4.78, 5) is 16.3. The molecule has 9 nitrogen and oxygen atoms in total. The van der Waals surface area contributed by atoms with Crippen molar-refractivity contribution < 1.29 is 9.47 Å². The Labute approximate surface area is 256 Å². The number of fused-ring (bicyclic) bond motifs is 1. The number of nitrogen functional groups attached to an aromatic ring is 1. The molecule has 3 N–H and O–H groups in total. The lowest BCUT2D eigenvalue weighted by Crippen LogP contribution is -2.40. The van der Waals surface area contributed by atoms with E-state index in [-0.39, 0.29) is 17.9 Å². The highest BCUT2D eigenvalue weighted by Gasteiger charge is 2.39. The van der Waals surface area contributed by atoms with Gasteiger partial charge in [0, 0.05) is 37.3 Å². The summed E-state index contributed by atoms with van der Waals surface area (Å²) in [5, 5.41) is 3.90. The van der Waals surface area contributed by atoms with Gasteiger partial charge in [0.15, 0.2) is 0 Å². The molecule has 3 heterocycles. The zero-order valence-corrected chi connectivity index (χ0v) is 25.1. The average molecular weight is 596 g/mol. The van der Waals surface area contributed by atoms with Gasteiger partial charge in [0.1, 0.15) is 28.8 Å². The maximum absolute atomic E-state index is 6.33. The SMILES string of the molecule is CCNc1nc(N)nc2c1C(c1ccc(-n3cnc(Cl)c3)c(OC)c1)N(Cc1ccc(OC)cc1)CC2c1ccccc1. The number of nitrogens with zero attached hydrogens (tertiary/aromatic N) is 5. The molecule has 0 aliphatic carbocycles. The van der Waals surface area contributed by atoms with E-state index in [2.05, 4.69) is 70.7 Å². The van der Waals surface area contributed by atoms with Crippen molar-refractivity contribution in [3.05, 3.63) is 118 Å². The molecule has 1 aliphatic heterocycles. The zero-order chi connectivity index (χ0) is 29.9. The Bertz CT molecular complexity index is 1710. The average Bonchev–Trinajstić information content (AvgIpc) is 3.47. The van der Waals surface area contributed by atoms with Crippen molar-refractivity contribution in [3.63, 3.8) is 0 Å². The predicted molar refractivity (Wildman–Crippen MR) is 169 cm³/mol. The quantitative estimate of drug-likeness (QED) is 0.211. The second-order valence-electron chi connectivity index (χ2n) is 10.4. The Kier molecular flexibility index (Phi) is 8.18. The van der Waals surface area contributed by atoms with Crippen molar-refractivity contribution in [2.45, 2.75) is 25.4 Å². The van der Waals surface area contributed by atoms with E-state index in [1.54, 1.807) is 26.7 Å². The van der Waals surface area contributed by atoms with Crippen molar-refractivity contribution in [1.82, 2.24) is 24.4 Å². The largest absolute Gasteiger partial charge is 0.497 e. The number of imidazole rings is 1. The third kappa shape index (κ3) is 5.74. The molecule has 2 atom stereocenters. The van der Waals surface area contributed by atoms with Gasteiger partial charge in [-0.25, -0.2) is 9.97 Å². The number of nitrogens with one attached hydrogen (secondary N) is 1. The number of methoxy groups -OCH3 is 2. The van der Waals surface area contributed by atoms with Crippen LogP contribution < -0.4 is 20.5 Å². The van der Waals surface area contributed by atoms with E-state index in [1.165, 1.54) is 11.1 Å². The van der Waals surface area contributed by atoms with Crippen LogP contribution in [0.4, 0.5) is 11.8 Å². The molecular formula is C33H34ClN7O2. The molecule has 3 aromatic carbocycles. The van der Waals surface area contributed by atoms with Gasteiger partial charge in [0.2, 0.25) is 5.95 Å². The number of nitrogens with two attached hydrogens (primary N) is 1. The maximum Gasteiger partial charge on any atom is 0.222 e. The Morgan fingerprint density at radius 1 is 0.977 bits per heavy atom. The van der Waals surface area contributed by atoms with E-state index < -0.39 is 0 Å². The van der Waals surface area contributed by atoms with E-state index in [1.807, 2.05) is 28.8 Å². The van der Waals surface area contributed by atoms with Crippen LogP contribution in [0.3, 0.4) is 0 Å². The van der Waals surface area contributed by atoms with Crippen LogP contribution in [-0.4, -0.2) is 51.7 Å². The van der Waals surface area contributed by atoms with E-state index in [4.69, 9.17) is 36.8 Å². The van der Waals surface area contributed by atoms with Crippen molar-refractivity contribution >= 4 is 23.4 Å². The van der Waals surface area contributed by atoms with Crippen molar-refractivity contribution in [2.75, 3.05) is 38.4 Å². The van der Waals surface area contributed by atoms with Gasteiger partial charge in [-0.2, -0.15) is 4.98 Å². The first-order valence-corrected chi connectivity index (χ1v) is 14.6. The second-order valence-corrected chi connectivity index (χ2v) is 10.8. The fourth-order valence-electron chi connectivity index (χ4n) is 5.91. The first-order chi connectivity index (χ1) is 21.0. The number of anilines is 2. The minimum Gasteiger partial charge on any atom is -0.497 e. The number of hydrogen-bond acceptors (Lipinski definition) is 8. The molecule has 5 aromatic rings. The molecule has 0 amide bonds. The fraction of sp³-hybridized carbons (Fsp3) is 0.242. The maximum atomic E-state index is 6.33. The van der Waals surface area contributed by atoms with Crippen LogP contribution in [0.25, 0.3) is 5.69 Å². The molecular weight excluding hydrogens is 562 g/mol. The Hall–Kier alpha value is -4.60. The number of ether oxygens (including phenoxy) is 2. The Balaban J connectivity index is 1.54. The number of benzene rings is 3. The molecule has 6 rings (SSSR count). The molecule has 2 aromatic heterocycles. The summed E-state index contributed by atoms with van der Waals surface area (Å²) in [5.74, 6) is 2.50. The van der Waals surface area contributed by atoms with Crippen LogP contribution in [0.1, 0.15) is 46.8 Å². The first-order valence-electron chi connectivity index (χ1n) is 14.2. The van der Waals surface area contributed by atoms with Crippen LogP contribution in [-0.2, 0) is 6.54 Å². The molecule has 10 heteroatoms. The van der Waals surface area contributed by atoms with Crippen LogP contribution in [0.2, 0.25) is 5.15 Å². The number of hydrogen-bond donors (Lipinski definition) is 2. The fourth-order valence-corrected chi connectivity index (χ4v) is 6.06. The predicted octanol–water partition coefficient (Wildman–Crippen LogP) is 6.08. The number of halogens is 1. The highest BCUT2D eigenvalue weighted by atomic mass is 35.5. The molecule has 0 saturated carbocycles. The topological polar surface area (TPSA) is 103 Å². The van der Waals surface area contributed by atoms with Gasteiger partial charge < -0.3 is 25.1 Å². The van der Waals surface area contributed by atoms with Gasteiger partial charge in [-0.15, -0.1) is 0 Å². The van der Waals surface area contributed by atoms with E-state index in [9.17, 15) is 0 Å². The minimum absolute atomic E-state index is 0.0114. The molecule has 220 valence electrons. The molecule has 0 saturated heterocycles. The molecule has 0 bridgehead atoms. The van der Waals surface area contributed by atoms with Crippen LogP contribution in [0.5, 0.6) is 11.5 Å². The molecule has 43 heavy (non-hydrogen) atoms.